The van der Waals surface area contributed by atoms with Crippen molar-refractivity contribution >= 4 is 29.8 Å². The number of esters is 5. The van der Waals surface area contributed by atoms with Gasteiger partial charge in [0.2, 0.25) is 0 Å². The van der Waals surface area contributed by atoms with Gasteiger partial charge in [-0.3, -0.25) is 38.7 Å². The van der Waals surface area contributed by atoms with E-state index in [2.05, 4.69) is 0 Å². The minimum absolute atomic E-state index is 0.0792. The van der Waals surface area contributed by atoms with Crippen LogP contribution in [0.2, 0.25) is 0 Å². The molecule has 0 saturated carbocycles. The number of carbonyl (C=O) groups is 5. The molecule has 0 bridgehead atoms. The Balaban J connectivity index is 3.19. The lowest BCUT2D eigenvalue weighted by atomic mass is 10.2. The van der Waals surface area contributed by atoms with Crippen molar-refractivity contribution in [3.8, 4) is 0 Å². The molecule has 0 amide bonds. The maximum Gasteiger partial charge on any atom is 0.320 e. The number of rotatable bonds is 18. The van der Waals surface area contributed by atoms with Crippen LogP contribution in [0.4, 0.5) is 0 Å². The summed E-state index contributed by atoms with van der Waals surface area (Å²) in [5.74, 6) is -2.57. The second kappa shape index (κ2) is 19.7. The first-order valence-corrected chi connectivity index (χ1v) is 17.0. The Morgan fingerprint density at radius 2 is 0.720 bits per heavy atom. The standard InChI is InChI=1S/C37H61N3O10/c1-34(2,3)47-30(42)23-38(19-21-40(25-32(44)49-36(7,8)9)26-33(45)50-37(10,11)12)18-20-39(24-31(43)48-35(4,5)6)22-29(41)46-27-28-16-14-13-15-17-28/h13-17H,18-27H2,1-12H3. The van der Waals surface area contributed by atoms with Gasteiger partial charge >= 0.3 is 29.8 Å². The molecule has 0 unspecified atom stereocenters. The molecule has 284 valence electrons. The summed E-state index contributed by atoms with van der Waals surface area (Å²) >= 11 is 0. The lowest BCUT2D eigenvalue weighted by Gasteiger charge is -2.31. The highest BCUT2D eigenvalue weighted by Gasteiger charge is 2.27. The highest BCUT2D eigenvalue weighted by Crippen LogP contribution is 2.12. The number of ether oxygens (including phenoxy) is 5. The second-order valence-corrected chi connectivity index (χ2v) is 16.2. The molecule has 0 aliphatic rings. The predicted molar refractivity (Wildman–Crippen MR) is 189 cm³/mol. The molecule has 1 aromatic rings. The van der Waals surface area contributed by atoms with Crippen molar-refractivity contribution in [3.05, 3.63) is 35.9 Å². The summed E-state index contributed by atoms with van der Waals surface area (Å²) in [7, 11) is 0. The summed E-state index contributed by atoms with van der Waals surface area (Å²) in [6.07, 6.45) is 0. The van der Waals surface area contributed by atoms with Gasteiger partial charge in [0, 0.05) is 26.2 Å². The topological polar surface area (TPSA) is 141 Å². The number of carbonyl (C=O) groups excluding carboxylic acids is 5. The van der Waals surface area contributed by atoms with Gasteiger partial charge in [0.05, 0.1) is 32.7 Å². The Kier molecular flexibility index (Phi) is 17.6. The largest absolute Gasteiger partial charge is 0.460 e. The van der Waals surface area contributed by atoms with Crippen molar-refractivity contribution in [1.29, 1.82) is 0 Å². The number of nitrogens with zero attached hydrogens (tertiary/aromatic N) is 3. The molecule has 1 rings (SSSR count). The molecule has 0 fully saturated rings. The Morgan fingerprint density at radius 3 is 1.04 bits per heavy atom. The molecule has 0 N–H and O–H groups in total. The Morgan fingerprint density at radius 1 is 0.440 bits per heavy atom. The molecule has 0 aliphatic heterocycles. The molecular weight excluding hydrogens is 646 g/mol. The summed E-state index contributed by atoms with van der Waals surface area (Å²) in [5, 5.41) is 0. The van der Waals surface area contributed by atoms with Crippen LogP contribution in [0.15, 0.2) is 30.3 Å². The average Bonchev–Trinajstić information content (AvgIpc) is 2.89. The van der Waals surface area contributed by atoms with Gasteiger partial charge in [-0.1, -0.05) is 30.3 Å². The molecule has 0 radical (unpaired) electrons. The summed E-state index contributed by atoms with van der Waals surface area (Å²) in [6, 6.07) is 9.24. The van der Waals surface area contributed by atoms with Crippen molar-refractivity contribution in [2.75, 3.05) is 58.9 Å². The van der Waals surface area contributed by atoms with Gasteiger partial charge in [-0.15, -0.1) is 0 Å². The van der Waals surface area contributed by atoms with E-state index in [9.17, 15) is 24.0 Å². The van der Waals surface area contributed by atoms with Crippen LogP contribution in [0.3, 0.4) is 0 Å². The van der Waals surface area contributed by atoms with E-state index < -0.39 is 52.3 Å². The number of hydrogen-bond donors (Lipinski definition) is 0. The molecule has 0 spiro atoms. The van der Waals surface area contributed by atoms with E-state index in [1.165, 1.54) is 0 Å². The molecule has 0 heterocycles. The fraction of sp³-hybridized carbons (Fsp3) is 0.703. The summed E-state index contributed by atoms with van der Waals surface area (Å²) in [4.78, 5) is 69.2. The van der Waals surface area contributed by atoms with Crippen LogP contribution >= 0.6 is 0 Å². The first-order valence-electron chi connectivity index (χ1n) is 17.0. The summed E-state index contributed by atoms with van der Waals surface area (Å²) < 4.78 is 27.6. The van der Waals surface area contributed by atoms with Crippen molar-refractivity contribution in [2.24, 2.45) is 0 Å². The van der Waals surface area contributed by atoms with Crippen LogP contribution < -0.4 is 0 Å². The Hall–Kier alpha value is -3.55. The normalized spacial score (nSPS) is 12.5. The van der Waals surface area contributed by atoms with Gasteiger partial charge in [0.25, 0.3) is 0 Å². The van der Waals surface area contributed by atoms with Gasteiger partial charge in [-0.05, 0) is 88.6 Å². The minimum atomic E-state index is -0.731. The molecule has 13 heteroatoms. The monoisotopic (exact) mass is 707 g/mol. The van der Waals surface area contributed by atoms with Crippen LogP contribution in [-0.4, -0.2) is 126 Å². The van der Waals surface area contributed by atoms with Crippen LogP contribution in [0, 0.1) is 0 Å². The molecule has 0 aliphatic carbocycles. The second-order valence-electron chi connectivity index (χ2n) is 16.2. The van der Waals surface area contributed by atoms with E-state index in [-0.39, 0.29) is 65.5 Å². The zero-order valence-electron chi connectivity index (χ0n) is 32.4. The first kappa shape index (κ1) is 44.5. The van der Waals surface area contributed by atoms with Crippen LogP contribution in [-0.2, 0) is 54.3 Å². The molecule has 1 aromatic carbocycles. The number of benzene rings is 1. The van der Waals surface area contributed by atoms with E-state index in [1.54, 1.807) is 97.8 Å². The van der Waals surface area contributed by atoms with Gasteiger partial charge in [-0.25, -0.2) is 0 Å². The van der Waals surface area contributed by atoms with Crippen molar-refractivity contribution in [2.45, 2.75) is 112 Å². The molecular formula is C37H61N3O10. The highest BCUT2D eigenvalue weighted by molar-refractivity contribution is 5.76. The van der Waals surface area contributed by atoms with E-state index in [4.69, 9.17) is 23.7 Å². The summed E-state index contributed by atoms with van der Waals surface area (Å²) in [6.45, 7) is 21.1. The average molecular weight is 708 g/mol. The predicted octanol–water partition coefficient (Wildman–Crippen LogP) is 4.00. The SMILES string of the molecule is CC(C)(C)OC(=O)CN(CCN(CC(=O)OCc1ccccc1)CC(=O)OC(C)(C)C)CCN(CC(=O)OC(C)(C)C)CC(=O)OC(C)(C)C. The maximum absolute atomic E-state index is 13.0. The summed E-state index contributed by atoms with van der Waals surface area (Å²) in [5.41, 5.74) is -2.09. The van der Waals surface area contributed by atoms with Gasteiger partial charge in [0.15, 0.2) is 0 Å². The third-order valence-corrected chi connectivity index (χ3v) is 6.15. The van der Waals surface area contributed by atoms with Crippen molar-refractivity contribution in [1.82, 2.24) is 14.7 Å². The van der Waals surface area contributed by atoms with Crippen molar-refractivity contribution in [3.63, 3.8) is 0 Å². The minimum Gasteiger partial charge on any atom is -0.460 e. The Bertz CT molecular complexity index is 1210. The zero-order valence-corrected chi connectivity index (χ0v) is 32.4. The van der Waals surface area contributed by atoms with Gasteiger partial charge < -0.3 is 23.7 Å². The van der Waals surface area contributed by atoms with E-state index in [0.717, 1.165) is 5.56 Å². The molecule has 50 heavy (non-hydrogen) atoms. The van der Waals surface area contributed by atoms with Crippen LogP contribution in [0.1, 0.15) is 88.6 Å². The van der Waals surface area contributed by atoms with E-state index in [1.807, 2.05) is 30.3 Å². The lowest BCUT2D eigenvalue weighted by Crippen LogP contribution is -2.47. The first-order chi connectivity index (χ1) is 22.8. The number of hydrogen-bond acceptors (Lipinski definition) is 13. The van der Waals surface area contributed by atoms with Crippen LogP contribution in [0.25, 0.3) is 0 Å². The maximum atomic E-state index is 13.0. The zero-order chi connectivity index (χ0) is 38.3. The molecule has 0 atom stereocenters. The van der Waals surface area contributed by atoms with Gasteiger partial charge in [-0.2, -0.15) is 0 Å². The van der Waals surface area contributed by atoms with Crippen molar-refractivity contribution < 1.29 is 47.7 Å². The lowest BCUT2D eigenvalue weighted by molar-refractivity contribution is -0.161. The fourth-order valence-electron chi connectivity index (χ4n) is 4.46. The third kappa shape index (κ3) is 23.7. The van der Waals surface area contributed by atoms with E-state index >= 15 is 0 Å². The Labute approximate surface area is 298 Å². The van der Waals surface area contributed by atoms with Crippen LogP contribution in [0.5, 0.6) is 0 Å². The molecule has 0 aromatic heterocycles. The van der Waals surface area contributed by atoms with E-state index in [0.29, 0.717) is 0 Å². The molecule has 13 nitrogen and oxygen atoms in total. The molecule has 0 saturated heterocycles. The third-order valence-electron chi connectivity index (χ3n) is 6.15. The van der Waals surface area contributed by atoms with Gasteiger partial charge in [0.1, 0.15) is 29.0 Å². The fourth-order valence-corrected chi connectivity index (χ4v) is 4.46. The highest BCUT2D eigenvalue weighted by atomic mass is 16.6. The quantitative estimate of drug-likeness (QED) is 0.161. The smallest absolute Gasteiger partial charge is 0.320 e.